The van der Waals surface area contributed by atoms with Crippen LogP contribution in [0.3, 0.4) is 0 Å². The standard InChI is InChI=1S/C15H14N2/c1-17(2)12-8-7-11-10-16-15-6-4-3-5-13(15)14(11)9-12/h3-10H,1-2H3. The molecule has 1 aromatic heterocycles. The Labute approximate surface area is 101 Å². The number of rotatable bonds is 1. The average Bonchev–Trinajstić information content (AvgIpc) is 2.38. The van der Waals surface area contributed by atoms with Crippen molar-refractivity contribution in [2.45, 2.75) is 0 Å². The molecular weight excluding hydrogens is 208 g/mol. The molecule has 0 atom stereocenters. The summed E-state index contributed by atoms with van der Waals surface area (Å²) in [5.74, 6) is 0. The van der Waals surface area contributed by atoms with Crippen molar-refractivity contribution in [1.82, 2.24) is 4.98 Å². The van der Waals surface area contributed by atoms with Crippen LogP contribution in [0.4, 0.5) is 5.69 Å². The van der Waals surface area contributed by atoms with Gasteiger partial charge < -0.3 is 4.90 Å². The molecule has 0 amide bonds. The molecule has 0 spiro atoms. The summed E-state index contributed by atoms with van der Waals surface area (Å²) in [5, 5.41) is 3.67. The van der Waals surface area contributed by atoms with Crippen molar-refractivity contribution in [3.8, 4) is 0 Å². The fourth-order valence-electron chi connectivity index (χ4n) is 2.12. The molecule has 84 valence electrons. The van der Waals surface area contributed by atoms with Crippen LogP contribution < -0.4 is 4.90 Å². The van der Waals surface area contributed by atoms with E-state index < -0.39 is 0 Å². The quantitative estimate of drug-likeness (QED) is 0.586. The number of hydrogen-bond donors (Lipinski definition) is 0. The zero-order valence-corrected chi connectivity index (χ0v) is 10.0. The van der Waals surface area contributed by atoms with Gasteiger partial charge in [0.2, 0.25) is 0 Å². The Kier molecular flexibility index (Phi) is 2.22. The molecule has 0 aliphatic rings. The normalized spacial score (nSPS) is 10.9. The Balaban J connectivity index is 2.42. The molecule has 2 nitrogen and oxygen atoms in total. The number of para-hydroxylation sites is 1. The molecule has 0 saturated carbocycles. The highest BCUT2D eigenvalue weighted by atomic mass is 15.1. The molecule has 1 heterocycles. The first kappa shape index (κ1) is 10.1. The second kappa shape index (κ2) is 3.74. The van der Waals surface area contributed by atoms with Gasteiger partial charge in [0.15, 0.2) is 0 Å². The lowest BCUT2D eigenvalue weighted by Gasteiger charge is -2.13. The summed E-state index contributed by atoms with van der Waals surface area (Å²) in [5.41, 5.74) is 2.27. The van der Waals surface area contributed by atoms with E-state index in [-0.39, 0.29) is 0 Å². The van der Waals surface area contributed by atoms with Crippen molar-refractivity contribution in [3.63, 3.8) is 0 Å². The van der Waals surface area contributed by atoms with Gasteiger partial charge in [-0.05, 0) is 23.6 Å². The van der Waals surface area contributed by atoms with E-state index in [0.29, 0.717) is 0 Å². The van der Waals surface area contributed by atoms with Gasteiger partial charge in [-0.3, -0.25) is 4.98 Å². The maximum absolute atomic E-state index is 4.47. The van der Waals surface area contributed by atoms with Crippen molar-refractivity contribution in [2.24, 2.45) is 0 Å². The van der Waals surface area contributed by atoms with E-state index in [1.165, 1.54) is 21.8 Å². The van der Waals surface area contributed by atoms with Crippen molar-refractivity contribution in [3.05, 3.63) is 48.7 Å². The number of pyridine rings is 1. The first-order valence-electron chi connectivity index (χ1n) is 5.70. The molecule has 3 aromatic rings. The van der Waals surface area contributed by atoms with Crippen LogP contribution in [0.2, 0.25) is 0 Å². The lowest BCUT2D eigenvalue weighted by molar-refractivity contribution is 1.14. The zero-order valence-electron chi connectivity index (χ0n) is 10.0. The lowest BCUT2D eigenvalue weighted by atomic mass is 10.1. The van der Waals surface area contributed by atoms with Crippen LogP contribution >= 0.6 is 0 Å². The third kappa shape index (κ3) is 1.62. The Hall–Kier alpha value is -2.09. The first-order valence-corrected chi connectivity index (χ1v) is 5.70. The molecule has 0 saturated heterocycles. The fourth-order valence-corrected chi connectivity index (χ4v) is 2.12. The van der Waals surface area contributed by atoms with E-state index in [1.807, 2.05) is 12.3 Å². The molecule has 0 unspecified atom stereocenters. The smallest absolute Gasteiger partial charge is 0.0708 e. The summed E-state index contributed by atoms with van der Waals surface area (Å²) >= 11 is 0. The van der Waals surface area contributed by atoms with E-state index in [1.54, 1.807) is 0 Å². The predicted octanol–water partition coefficient (Wildman–Crippen LogP) is 3.45. The number of fused-ring (bicyclic) bond motifs is 3. The van der Waals surface area contributed by atoms with Crippen LogP contribution in [0.1, 0.15) is 0 Å². The van der Waals surface area contributed by atoms with Crippen molar-refractivity contribution in [1.29, 1.82) is 0 Å². The molecule has 0 N–H and O–H groups in total. The maximum atomic E-state index is 4.47. The van der Waals surface area contributed by atoms with Crippen LogP contribution in [0.5, 0.6) is 0 Å². The summed E-state index contributed by atoms with van der Waals surface area (Å²) in [7, 11) is 4.12. The molecule has 0 bridgehead atoms. The van der Waals surface area contributed by atoms with Crippen LogP contribution in [0, 0.1) is 0 Å². The van der Waals surface area contributed by atoms with Gasteiger partial charge in [0, 0.05) is 36.8 Å². The van der Waals surface area contributed by atoms with Crippen LogP contribution in [0.15, 0.2) is 48.7 Å². The zero-order chi connectivity index (χ0) is 11.8. The molecular formula is C15H14N2. The Bertz CT molecular complexity index is 687. The maximum Gasteiger partial charge on any atom is 0.0708 e. The van der Waals surface area contributed by atoms with E-state index in [4.69, 9.17) is 0 Å². The minimum Gasteiger partial charge on any atom is -0.378 e. The minimum atomic E-state index is 1.05. The van der Waals surface area contributed by atoms with Gasteiger partial charge in [-0.15, -0.1) is 0 Å². The number of nitrogens with zero attached hydrogens (tertiary/aromatic N) is 2. The van der Waals surface area contributed by atoms with E-state index in [9.17, 15) is 0 Å². The number of hydrogen-bond acceptors (Lipinski definition) is 2. The molecule has 0 radical (unpaired) electrons. The Morgan fingerprint density at radius 2 is 1.76 bits per heavy atom. The third-order valence-corrected chi connectivity index (χ3v) is 3.09. The molecule has 0 aliphatic carbocycles. The first-order chi connectivity index (χ1) is 8.25. The lowest BCUT2D eigenvalue weighted by Crippen LogP contribution is -2.08. The molecule has 2 heteroatoms. The topological polar surface area (TPSA) is 16.1 Å². The fraction of sp³-hybridized carbons (Fsp3) is 0.133. The second-order valence-electron chi connectivity index (χ2n) is 4.44. The van der Waals surface area contributed by atoms with Gasteiger partial charge in [0.25, 0.3) is 0 Å². The molecule has 3 rings (SSSR count). The van der Waals surface area contributed by atoms with Gasteiger partial charge in [0.1, 0.15) is 0 Å². The summed E-state index contributed by atoms with van der Waals surface area (Å²) < 4.78 is 0. The van der Waals surface area contributed by atoms with Crippen LogP contribution in [-0.4, -0.2) is 19.1 Å². The molecule has 0 fully saturated rings. The van der Waals surface area contributed by atoms with E-state index >= 15 is 0 Å². The highest BCUT2D eigenvalue weighted by molar-refractivity contribution is 6.06. The monoisotopic (exact) mass is 222 g/mol. The molecule has 2 aromatic carbocycles. The van der Waals surface area contributed by atoms with Crippen LogP contribution in [-0.2, 0) is 0 Å². The summed E-state index contributed by atoms with van der Waals surface area (Å²) in [6.07, 6.45) is 1.94. The van der Waals surface area contributed by atoms with Crippen molar-refractivity contribution < 1.29 is 0 Å². The van der Waals surface area contributed by atoms with E-state index in [2.05, 4.69) is 60.4 Å². The second-order valence-corrected chi connectivity index (χ2v) is 4.44. The van der Waals surface area contributed by atoms with Gasteiger partial charge in [0.05, 0.1) is 5.52 Å². The Morgan fingerprint density at radius 1 is 0.941 bits per heavy atom. The van der Waals surface area contributed by atoms with Gasteiger partial charge in [-0.2, -0.15) is 0 Å². The minimum absolute atomic E-state index is 1.05. The predicted molar refractivity (Wildman–Crippen MR) is 73.6 cm³/mol. The highest BCUT2D eigenvalue weighted by Gasteiger charge is 2.03. The summed E-state index contributed by atoms with van der Waals surface area (Å²) in [6.45, 7) is 0. The van der Waals surface area contributed by atoms with Crippen molar-refractivity contribution >= 4 is 27.4 Å². The van der Waals surface area contributed by atoms with Crippen molar-refractivity contribution in [2.75, 3.05) is 19.0 Å². The SMILES string of the molecule is CN(C)c1ccc2cnc3ccccc3c2c1. The summed E-state index contributed by atoms with van der Waals surface area (Å²) in [4.78, 5) is 6.59. The summed E-state index contributed by atoms with van der Waals surface area (Å²) in [6, 6.07) is 14.7. The Morgan fingerprint density at radius 3 is 2.59 bits per heavy atom. The molecule has 0 aliphatic heterocycles. The molecule has 17 heavy (non-hydrogen) atoms. The number of aromatic nitrogens is 1. The average molecular weight is 222 g/mol. The number of benzene rings is 2. The largest absolute Gasteiger partial charge is 0.378 e. The third-order valence-electron chi connectivity index (χ3n) is 3.09. The van der Waals surface area contributed by atoms with Gasteiger partial charge in [-0.1, -0.05) is 24.3 Å². The van der Waals surface area contributed by atoms with Crippen LogP contribution in [0.25, 0.3) is 21.7 Å². The van der Waals surface area contributed by atoms with Gasteiger partial charge >= 0.3 is 0 Å². The van der Waals surface area contributed by atoms with Gasteiger partial charge in [-0.25, -0.2) is 0 Å². The number of anilines is 1. The highest BCUT2D eigenvalue weighted by Crippen LogP contribution is 2.26. The van der Waals surface area contributed by atoms with E-state index in [0.717, 1.165) is 5.52 Å².